The predicted octanol–water partition coefficient (Wildman–Crippen LogP) is 1.22. The summed E-state index contributed by atoms with van der Waals surface area (Å²) >= 11 is 0. The molecular formula is C8H14N2. The number of hydrogen-bond donors (Lipinski definition) is 0. The topological polar surface area (TPSA) is 6.48 Å². The van der Waals surface area contributed by atoms with E-state index in [4.69, 9.17) is 0 Å². The van der Waals surface area contributed by atoms with Crippen LogP contribution in [0.5, 0.6) is 0 Å². The van der Waals surface area contributed by atoms with Gasteiger partial charge in [0.15, 0.2) is 0 Å². The van der Waals surface area contributed by atoms with Crippen LogP contribution in [0.1, 0.15) is 19.3 Å². The lowest BCUT2D eigenvalue weighted by molar-refractivity contribution is 0.0592. The van der Waals surface area contributed by atoms with Crippen LogP contribution in [-0.4, -0.2) is 29.7 Å². The fourth-order valence-electron chi connectivity index (χ4n) is 1.67. The summed E-state index contributed by atoms with van der Waals surface area (Å²) in [5.41, 5.74) is 0. The Labute approximate surface area is 62.1 Å². The van der Waals surface area contributed by atoms with Crippen molar-refractivity contribution in [3.05, 3.63) is 12.3 Å². The van der Waals surface area contributed by atoms with E-state index in [1.165, 1.54) is 38.9 Å². The van der Waals surface area contributed by atoms with Gasteiger partial charge in [0.2, 0.25) is 0 Å². The van der Waals surface area contributed by atoms with Crippen molar-refractivity contribution in [1.82, 2.24) is 10.0 Å². The second kappa shape index (κ2) is 2.62. The molecule has 1 fully saturated rings. The first kappa shape index (κ1) is 6.23. The van der Waals surface area contributed by atoms with Crippen molar-refractivity contribution >= 4 is 0 Å². The van der Waals surface area contributed by atoms with E-state index in [1.807, 2.05) is 0 Å². The molecule has 0 aromatic heterocycles. The van der Waals surface area contributed by atoms with Crippen molar-refractivity contribution in [2.24, 2.45) is 0 Å². The molecule has 2 aliphatic heterocycles. The maximum atomic E-state index is 2.45. The molecule has 0 amide bonds. The van der Waals surface area contributed by atoms with Gasteiger partial charge in [0.05, 0.1) is 0 Å². The van der Waals surface area contributed by atoms with Crippen molar-refractivity contribution in [2.45, 2.75) is 19.3 Å². The van der Waals surface area contributed by atoms with Gasteiger partial charge in [0.1, 0.15) is 0 Å². The first-order valence-electron chi connectivity index (χ1n) is 4.15. The molecule has 2 aliphatic rings. The summed E-state index contributed by atoms with van der Waals surface area (Å²) in [4.78, 5) is 0. The van der Waals surface area contributed by atoms with Gasteiger partial charge in [-0.3, -0.25) is 0 Å². The predicted molar refractivity (Wildman–Crippen MR) is 41.3 cm³/mol. The van der Waals surface area contributed by atoms with Gasteiger partial charge in [-0.15, -0.1) is 0 Å². The van der Waals surface area contributed by atoms with E-state index in [0.717, 1.165) is 0 Å². The average molecular weight is 138 g/mol. The zero-order chi connectivity index (χ0) is 6.81. The molecule has 0 bridgehead atoms. The van der Waals surface area contributed by atoms with Gasteiger partial charge >= 0.3 is 0 Å². The van der Waals surface area contributed by atoms with E-state index < -0.39 is 0 Å². The number of rotatable bonds is 1. The van der Waals surface area contributed by atoms with Gasteiger partial charge in [-0.2, -0.15) is 0 Å². The third-order valence-electron chi connectivity index (χ3n) is 2.25. The molecule has 0 spiro atoms. The summed E-state index contributed by atoms with van der Waals surface area (Å²) in [6.07, 6.45) is 8.45. The number of nitrogens with zero attached hydrogens (tertiary/aromatic N) is 2. The van der Waals surface area contributed by atoms with Crippen LogP contribution in [0.25, 0.3) is 0 Å². The fourth-order valence-corrected chi connectivity index (χ4v) is 1.67. The molecule has 0 radical (unpaired) electrons. The molecule has 2 nitrogen and oxygen atoms in total. The van der Waals surface area contributed by atoms with Gasteiger partial charge in [-0.25, -0.2) is 5.01 Å². The Bertz CT molecular complexity index is 136. The molecular weight excluding hydrogens is 124 g/mol. The first-order valence-corrected chi connectivity index (χ1v) is 4.15. The van der Waals surface area contributed by atoms with Crippen molar-refractivity contribution in [3.63, 3.8) is 0 Å². The quantitative estimate of drug-likeness (QED) is 0.537. The van der Waals surface area contributed by atoms with Crippen molar-refractivity contribution in [2.75, 3.05) is 19.6 Å². The van der Waals surface area contributed by atoms with Gasteiger partial charge in [0, 0.05) is 25.8 Å². The van der Waals surface area contributed by atoms with E-state index in [9.17, 15) is 0 Å². The van der Waals surface area contributed by atoms with Gasteiger partial charge in [0.25, 0.3) is 0 Å². The van der Waals surface area contributed by atoms with Crippen LogP contribution in [0.2, 0.25) is 0 Å². The third-order valence-corrected chi connectivity index (χ3v) is 2.25. The Morgan fingerprint density at radius 2 is 1.80 bits per heavy atom. The molecule has 0 N–H and O–H groups in total. The molecule has 0 atom stereocenters. The van der Waals surface area contributed by atoms with Crippen LogP contribution in [0.4, 0.5) is 0 Å². The maximum absolute atomic E-state index is 2.45. The van der Waals surface area contributed by atoms with E-state index >= 15 is 0 Å². The number of hydrogen-bond acceptors (Lipinski definition) is 2. The maximum Gasteiger partial charge on any atom is 0.0375 e. The average Bonchev–Trinajstić information content (AvgIpc) is 2.59. The zero-order valence-electron chi connectivity index (χ0n) is 6.29. The summed E-state index contributed by atoms with van der Waals surface area (Å²) in [5.74, 6) is 0. The normalized spacial score (nSPS) is 26.6. The largest absolute Gasteiger partial charge is 0.313 e. The molecule has 2 heteroatoms. The van der Waals surface area contributed by atoms with Crippen LogP contribution in [0, 0.1) is 0 Å². The SMILES string of the molecule is C1=CN(N2CCCC2)CC1. The number of hydrazine groups is 1. The van der Waals surface area contributed by atoms with E-state index in [2.05, 4.69) is 22.3 Å². The van der Waals surface area contributed by atoms with Crippen LogP contribution in [0.15, 0.2) is 12.3 Å². The third kappa shape index (κ3) is 1.03. The van der Waals surface area contributed by atoms with Crippen LogP contribution in [-0.2, 0) is 0 Å². The monoisotopic (exact) mass is 138 g/mol. The standard InChI is InChI=1S/C8H14N2/c1-2-6-9(5-1)10-7-3-4-8-10/h1,5H,2-4,6-8H2. The molecule has 0 unspecified atom stereocenters. The minimum Gasteiger partial charge on any atom is -0.313 e. The minimum absolute atomic E-state index is 1.21. The second-order valence-electron chi connectivity index (χ2n) is 3.00. The second-order valence-corrected chi connectivity index (χ2v) is 3.00. The molecule has 0 aromatic carbocycles. The molecule has 2 rings (SSSR count). The summed E-state index contributed by atoms with van der Waals surface area (Å²) in [6.45, 7) is 3.74. The zero-order valence-corrected chi connectivity index (χ0v) is 6.29. The fraction of sp³-hybridized carbons (Fsp3) is 0.750. The highest BCUT2D eigenvalue weighted by atomic mass is 15.6. The summed E-state index contributed by atoms with van der Waals surface area (Å²) in [5, 5.41) is 4.80. The summed E-state index contributed by atoms with van der Waals surface area (Å²) in [6, 6.07) is 0. The lowest BCUT2D eigenvalue weighted by Gasteiger charge is -2.26. The Hall–Kier alpha value is -0.500. The Balaban J connectivity index is 1.91. The lowest BCUT2D eigenvalue weighted by atomic mass is 10.4. The molecule has 56 valence electrons. The molecule has 0 saturated carbocycles. The molecule has 0 aromatic rings. The van der Waals surface area contributed by atoms with Gasteiger partial charge < -0.3 is 5.01 Å². The van der Waals surface area contributed by atoms with Crippen molar-refractivity contribution in [3.8, 4) is 0 Å². The Morgan fingerprint density at radius 3 is 2.40 bits per heavy atom. The van der Waals surface area contributed by atoms with Crippen LogP contribution < -0.4 is 0 Å². The van der Waals surface area contributed by atoms with Crippen molar-refractivity contribution < 1.29 is 0 Å². The highest BCUT2D eigenvalue weighted by Crippen LogP contribution is 2.14. The van der Waals surface area contributed by atoms with Crippen LogP contribution in [0.3, 0.4) is 0 Å². The summed E-state index contributed by atoms with van der Waals surface area (Å²) < 4.78 is 0. The highest BCUT2D eigenvalue weighted by Gasteiger charge is 2.17. The molecule has 10 heavy (non-hydrogen) atoms. The summed E-state index contributed by atoms with van der Waals surface area (Å²) in [7, 11) is 0. The van der Waals surface area contributed by atoms with Gasteiger partial charge in [-0.1, -0.05) is 6.08 Å². The minimum atomic E-state index is 1.21. The Morgan fingerprint density at radius 1 is 1.00 bits per heavy atom. The van der Waals surface area contributed by atoms with Gasteiger partial charge in [-0.05, 0) is 19.3 Å². The molecule has 1 saturated heterocycles. The van der Waals surface area contributed by atoms with Crippen LogP contribution >= 0.6 is 0 Å². The first-order chi connectivity index (χ1) is 4.97. The smallest absolute Gasteiger partial charge is 0.0375 e. The highest BCUT2D eigenvalue weighted by molar-refractivity contribution is 4.90. The van der Waals surface area contributed by atoms with Crippen molar-refractivity contribution in [1.29, 1.82) is 0 Å². The van der Waals surface area contributed by atoms with E-state index in [0.29, 0.717) is 0 Å². The lowest BCUT2D eigenvalue weighted by Crippen LogP contribution is -2.35. The van der Waals surface area contributed by atoms with E-state index in [1.54, 1.807) is 0 Å². The molecule has 2 heterocycles. The van der Waals surface area contributed by atoms with E-state index in [-0.39, 0.29) is 0 Å². The molecule has 0 aliphatic carbocycles. The Kier molecular flexibility index (Phi) is 1.63.